The zero-order valence-electron chi connectivity index (χ0n) is 9.47. The molecule has 2 heterocycles. The van der Waals surface area contributed by atoms with E-state index in [1.165, 1.54) is 0 Å². The lowest BCUT2D eigenvalue weighted by molar-refractivity contribution is 0.0604. The first-order valence-electron chi connectivity index (χ1n) is 5.89. The van der Waals surface area contributed by atoms with E-state index in [0.29, 0.717) is 5.92 Å². The van der Waals surface area contributed by atoms with Crippen molar-refractivity contribution in [3.63, 3.8) is 0 Å². The summed E-state index contributed by atoms with van der Waals surface area (Å²) < 4.78 is 8.43. The Morgan fingerprint density at radius 3 is 3.00 bits per heavy atom. The maximum absolute atomic E-state index is 5.37. The molecule has 2 aromatic rings. The van der Waals surface area contributed by atoms with Crippen LogP contribution in [0.1, 0.15) is 12.8 Å². The minimum atomic E-state index is 0.664. The second-order valence-electron chi connectivity index (χ2n) is 4.46. The van der Waals surface area contributed by atoms with Gasteiger partial charge in [0.2, 0.25) is 0 Å². The number of fused-ring (bicyclic) bond motifs is 1. The second kappa shape index (κ2) is 4.74. The standard InChI is InChI=1S/C12H14BrN3O/c13-10-1-2-12-11(7-10)14-15-16(12)8-9-3-5-17-6-4-9/h1-2,7,9H,3-6,8H2. The van der Waals surface area contributed by atoms with Gasteiger partial charge in [-0.1, -0.05) is 21.1 Å². The minimum Gasteiger partial charge on any atom is -0.381 e. The fraction of sp³-hybridized carbons (Fsp3) is 0.500. The third-order valence-electron chi connectivity index (χ3n) is 3.25. The topological polar surface area (TPSA) is 39.9 Å². The van der Waals surface area contributed by atoms with Crippen LogP contribution in [0.4, 0.5) is 0 Å². The molecule has 1 fully saturated rings. The van der Waals surface area contributed by atoms with E-state index in [1.54, 1.807) is 0 Å². The average Bonchev–Trinajstić information content (AvgIpc) is 2.73. The van der Waals surface area contributed by atoms with E-state index in [9.17, 15) is 0 Å². The summed E-state index contributed by atoms with van der Waals surface area (Å²) in [5, 5.41) is 8.43. The van der Waals surface area contributed by atoms with Crippen LogP contribution in [0.15, 0.2) is 22.7 Å². The van der Waals surface area contributed by atoms with Crippen LogP contribution in [0.25, 0.3) is 11.0 Å². The molecule has 1 aromatic carbocycles. The van der Waals surface area contributed by atoms with Crippen LogP contribution in [-0.2, 0) is 11.3 Å². The summed E-state index contributed by atoms with van der Waals surface area (Å²) in [4.78, 5) is 0. The lowest BCUT2D eigenvalue weighted by atomic mass is 10.0. The van der Waals surface area contributed by atoms with Gasteiger partial charge in [-0.25, -0.2) is 4.68 Å². The maximum atomic E-state index is 5.37. The smallest absolute Gasteiger partial charge is 0.114 e. The van der Waals surface area contributed by atoms with Crippen molar-refractivity contribution in [1.29, 1.82) is 0 Å². The summed E-state index contributed by atoms with van der Waals surface area (Å²) in [5.74, 6) is 0.664. The first-order valence-corrected chi connectivity index (χ1v) is 6.69. The molecule has 0 radical (unpaired) electrons. The summed E-state index contributed by atoms with van der Waals surface area (Å²) in [5.41, 5.74) is 2.06. The van der Waals surface area contributed by atoms with Crippen LogP contribution >= 0.6 is 15.9 Å². The quantitative estimate of drug-likeness (QED) is 0.855. The Balaban J connectivity index is 1.84. The van der Waals surface area contributed by atoms with E-state index >= 15 is 0 Å². The molecule has 5 heteroatoms. The molecule has 1 saturated heterocycles. The molecule has 3 rings (SSSR count). The maximum Gasteiger partial charge on any atom is 0.114 e. The molecule has 0 aliphatic carbocycles. The van der Waals surface area contributed by atoms with Crippen LogP contribution in [0.5, 0.6) is 0 Å². The van der Waals surface area contributed by atoms with Crippen LogP contribution < -0.4 is 0 Å². The monoisotopic (exact) mass is 295 g/mol. The van der Waals surface area contributed by atoms with Crippen LogP contribution in [0.3, 0.4) is 0 Å². The zero-order valence-corrected chi connectivity index (χ0v) is 11.1. The normalized spacial score (nSPS) is 17.7. The molecule has 90 valence electrons. The van der Waals surface area contributed by atoms with Crippen molar-refractivity contribution in [3.8, 4) is 0 Å². The van der Waals surface area contributed by atoms with E-state index in [-0.39, 0.29) is 0 Å². The Kier molecular flexibility index (Phi) is 3.11. The Bertz CT molecular complexity index is 519. The molecule has 0 amide bonds. The largest absolute Gasteiger partial charge is 0.381 e. The first-order chi connectivity index (χ1) is 8.33. The van der Waals surface area contributed by atoms with E-state index in [0.717, 1.165) is 48.1 Å². The van der Waals surface area contributed by atoms with Crippen molar-refractivity contribution in [1.82, 2.24) is 15.0 Å². The average molecular weight is 296 g/mol. The minimum absolute atomic E-state index is 0.664. The van der Waals surface area contributed by atoms with Gasteiger partial charge >= 0.3 is 0 Å². The molecule has 0 saturated carbocycles. The lowest BCUT2D eigenvalue weighted by Crippen LogP contribution is -2.20. The molecular weight excluding hydrogens is 282 g/mol. The van der Waals surface area contributed by atoms with Gasteiger partial charge in [-0.2, -0.15) is 0 Å². The number of hydrogen-bond acceptors (Lipinski definition) is 3. The fourth-order valence-corrected chi connectivity index (χ4v) is 2.60. The predicted molar refractivity (Wildman–Crippen MR) is 68.8 cm³/mol. The molecule has 4 nitrogen and oxygen atoms in total. The third kappa shape index (κ3) is 2.35. The number of rotatable bonds is 2. The van der Waals surface area contributed by atoms with Crippen molar-refractivity contribution in [2.75, 3.05) is 13.2 Å². The Hall–Kier alpha value is -0.940. The van der Waals surface area contributed by atoms with E-state index in [2.05, 4.69) is 32.3 Å². The van der Waals surface area contributed by atoms with Crippen molar-refractivity contribution >= 4 is 27.0 Å². The van der Waals surface area contributed by atoms with Gasteiger partial charge in [0.15, 0.2) is 0 Å². The van der Waals surface area contributed by atoms with Gasteiger partial charge in [0, 0.05) is 24.2 Å². The number of nitrogens with zero attached hydrogens (tertiary/aromatic N) is 3. The number of benzene rings is 1. The number of aromatic nitrogens is 3. The van der Waals surface area contributed by atoms with Gasteiger partial charge in [0.1, 0.15) is 5.52 Å². The van der Waals surface area contributed by atoms with Gasteiger partial charge in [0.25, 0.3) is 0 Å². The van der Waals surface area contributed by atoms with Gasteiger partial charge in [-0.3, -0.25) is 0 Å². The molecular formula is C12H14BrN3O. The van der Waals surface area contributed by atoms with Gasteiger partial charge in [-0.15, -0.1) is 5.10 Å². The van der Waals surface area contributed by atoms with Crippen LogP contribution in [0.2, 0.25) is 0 Å². The van der Waals surface area contributed by atoms with Gasteiger partial charge < -0.3 is 4.74 Å². The Morgan fingerprint density at radius 2 is 2.18 bits per heavy atom. The highest BCUT2D eigenvalue weighted by Crippen LogP contribution is 2.21. The summed E-state index contributed by atoms with van der Waals surface area (Å²) >= 11 is 3.45. The summed E-state index contributed by atoms with van der Waals surface area (Å²) in [7, 11) is 0. The predicted octanol–water partition coefficient (Wildman–Crippen LogP) is 2.62. The molecule has 0 atom stereocenters. The molecule has 0 spiro atoms. The van der Waals surface area contributed by atoms with Crippen molar-refractivity contribution < 1.29 is 4.74 Å². The molecule has 0 N–H and O–H groups in total. The summed E-state index contributed by atoms with van der Waals surface area (Å²) in [6, 6.07) is 6.10. The Labute approximate surface area is 108 Å². The number of ether oxygens (including phenoxy) is 1. The van der Waals surface area contributed by atoms with Crippen molar-refractivity contribution in [2.45, 2.75) is 19.4 Å². The van der Waals surface area contributed by atoms with E-state index < -0.39 is 0 Å². The van der Waals surface area contributed by atoms with Gasteiger partial charge in [0.05, 0.1) is 5.52 Å². The lowest BCUT2D eigenvalue weighted by Gasteiger charge is -2.21. The molecule has 0 unspecified atom stereocenters. The highest BCUT2D eigenvalue weighted by molar-refractivity contribution is 9.10. The molecule has 1 aliphatic rings. The van der Waals surface area contributed by atoms with Crippen LogP contribution in [-0.4, -0.2) is 28.2 Å². The third-order valence-corrected chi connectivity index (χ3v) is 3.74. The van der Waals surface area contributed by atoms with E-state index in [4.69, 9.17) is 4.74 Å². The first kappa shape index (κ1) is 11.2. The van der Waals surface area contributed by atoms with E-state index in [1.807, 2.05) is 16.8 Å². The Morgan fingerprint density at radius 1 is 1.35 bits per heavy atom. The number of halogens is 1. The fourth-order valence-electron chi connectivity index (χ4n) is 2.25. The highest BCUT2D eigenvalue weighted by Gasteiger charge is 2.16. The molecule has 17 heavy (non-hydrogen) atoms. The van der Waals surface area contributed by atoms with Crippen molar-refractivity contribution in [2.24, 2.45) is 5.92 Å². The SMILES string of the molecule is Brc1ccc2c(c1)nnn2CC1CCOCC1. The van der Waals surface area contributed by atoms with Gasteiger partial charge in [-0.05, 0) is 37.0 Å². The van der Waals surface area contributed by atoms with Crippen molar-refractivity contribution in [3.05, 3.63) is 22.7 Å². The zero-order chi connectivity index (χ0) is 11.7. The summed E-state index contributed by atoms with van der Waals surface area (Å²) in [6.45, 7) is 2.70. The highest BCUT2D eigenvalue weighted by atomic mass is 79.9. The molecule has 1 aliphatic heterocycles. The number of hydrogen-bond donors (Lipinski definition) is 0. The molecule has 1 aromatic heterocycles. The summed E-state index contributed by atoms with van der Waals surface area (Å²) in [6.07, 6.45) is 2.25. The van der Waals surface area contributed by atoms with Crippen LogP contribution in [0, 0.1) is 5.92 Å². The molecule has 0 bridgehead atoms. The second-order valence-corrected chi connectivity index (χ2v) is 5.38.